The number of nitrogens with one attached hydrogen (secondary N) is 1. The van der Waals surface area contributed by atoms with Gasteiger partial charge in [-0.25, -0.2) is 4.68 Å². The van der Waals surface area contributed by atoms with Crippen molar-refractivity contribution in [3.05, 3.63) is 22.6 Å². The van der Waals surface area contributed by atoms with E-state index in [1.807, 2.05) is 0 Å². The number of hydrogen-bond donors (Lipinski definition) is 1. The average Bonchev–Trinajstić information content (AvgIpc) is 2.49. The standard InChI is InChI=1S/C15H26N4O2/c1-4-15(2,3)16-5-6-19-14(20)11-13(12-17-19)18-7-9-21-10-8-18/h11-12,16H,4-10H2,1-3H3. The van der Waals surface area contributed by atoms with Crippen molar-refractivity contribution in [1.29, 1.82) is 0 Å². The Morgan fingerprint density at radius 2 is 2.10 bits per heavy atom. The molecule has 0 spiro atoms. The Labute approximate surface area is 126 Å². The molecule has 0 bridgehead atoms. The van der Waals surface area contributed by atoms with Crippen molar-refractivity contribution in [2.45, 2.75) is 39.3 Å². The predicted molar refractivity (Wildman–Crippen MR) is 83.9 cm³/mol. The molecule has 118 valence electrons. The van der Waals surface area contributed by atoms with E-state index in [-0.39, 0.29) is 11.1 Å². The van der Waals surface area contributed by atoms with Crippen molar-refractivity contribution < 1.29 is 4.74 Å². The van der Waals surface area contributed by atoms with Gasteiger partial charge >= 0.3 is 0 Å². The van der Waals surface area contributed by atoms with Gasteiger partial charge in [0.05, 0.1) is 31.6 Å². The maximum absolute atomic E-state index is 12.1. The van der Waals surface area contributed by atoms with Gasteiger partial charge in [-0.05, 0) is 20.3 Å². The smallest absolute Gasteiger partial charge is 0.268 e. The van der Waals surface area contributed by atoms with Crippen molar-refractivity contribution in [2.75, 3.05) is 37.7 Å². The van der Waals surface area contributed by atoms with E-state index in [1.54, 1.807) is 12.3 Å². The number of morpholine rings is 1. The van der Waals surface area contributed by atoms with Crippen LogP contribution in [0.1, 0.15) is 27.2 Å². The van der Waals surface area contributed by atoms with Gasteiger partial charge in [0.25, 0.3) is 5.56 Å². The van der Waals surface area contributed by atoms with Crippen LogP contribution in [0.2, 0.25) is 0 Å². The van der Waals surface area contributed by atoms with Crippen LogP contribution in [0.15, 0.2) is 17.1 Å². The summed E-state index contributed by atoms with van der Waals surface area (Å²) in [5.41, 5.74) is 0.939. The quantitative estimate of drug-likeness (QED) is 0.843. The number of rotatable bonds is 6. The summed E-state index contributed by atoms with van der Waals surface area (Å²) >= 11 is 0. The van der Waals surface area contributed by atoms with E-state index in [4.69, 9.17) is 4.74 Å². The Hall–Kier alpha value is -1.40. The van der Waals surface area contributed by atoms with Crippen molar-refractivity contribution in [2.24, 2.45) is 0 Å². The number of aromatic nitrogens is 2. The van der Waals surface area contributed by atoms with Crippen LogP contribution in [0.25, 0.3) is 0 Å². The molecule has 21 heavy (non-hydrogen) atoms. The van der Waals surface area contributed by atoms with Crippen LogP contribution in [0, 0.1) is 0 Å². The highest BCUT2D eigenvalue weighted by Gasteiger charge is 2.14. The van der Waals surface area contributed by atoms with Crippen molar-refractivity contribution in [3.8, 4) is 0 Å². The highest BCUT2D eigenvalue weighted by atomic mass is 16.5. The summed E-state index contributed by atoms with van der Waals surface area (Å²) in [5.74, 6) is 0. The molecule has 1 saturated heterocycles. The molecule has 0 saturated carbocycles. The molecule has 0 radical (unpaired) electrons. The second-order valence-electron chi connectivity index (χ2n) is 6.04. The maximum atomic E-state index is 12.1. The minimum absolute atomic E-state index is 0.0462. The second-order valence-corrected chi connectivity index (χ2v) is 6.04. The maximum Gasteiger partial charge on any atom is 0.268 e. The molecule has 0 aromatic carbocycles. The van der Waals surface area contributed by atoms with Gasteiger partial charge < -0.3 is 15.0 Å². The predicted octanol–water partition coefficient (Wildman–Crippen LogP) is 0.858. The SMILES string of the molecule is CCC(C)(C)NCCn1ncc(N2CCOCC2)cc1=O. The number of nitrogens with zero attached hydrogens (tertiary/aromatic N) is 3. The van der Waals surface area contributed by atoms with E-state index < -0.39 is 0 Å². The third-order valence-corrected chi connectivity index (χ3v) is 4.04. The Bertz CT molecular complexity index is 507. The van der Waals surface area contributed by atoms with Crippen molar-refractivity contribution in [1.82, 2.24) is 15.1 Å². The topological polar surface area (TPSA) is 59.4 Å². The minimum atomic E-state index is -0.0462. The van der Waals surface area contributed by atoms with Crippen LogP contribution in [0.4, 0.5) is 5.69 Å². The summed E-state index contributed by atoms with van der Waals surface area (Å²) in [5, 5.41) is 7.72. The van der Waals surface area contributed by atoms with Gasteiger partial charge in [0.1, 0.15) is 0 Å². The molecule has 1 aliphatic heterocycles. The van der Waals surface area contributed by atoms with E-state index in [0.29, 0.717) is 19.8 Å². The van der Waals surface area contributed by atoms with Crippen molar-refractivity contribution >= 4 is 5.69 Å². The molecule has 1 aromatic heterocycles. The molecule has 1 N–H and O–H groups in total. The summed E-state index contributed by atoms with van der Waals surface area (Å²) in [4.78, 5) is 14.3. The fourth-order valence-electron chi connectivity index (χ4n) is 2.21. The normalized spacial score (nSPS) is 16.2. The van der Waals surface area contributed by atoms with Crippen LogP contribution in [-0.2, 0) is 11.3 Å². The molecule has 6 heteroatoms. The third kappa shape index (κ3) is 4.54. The first-order valence-corrected chi connectivity index (χ1v) is 7.67. The van der Waals surface area contributed by atoms with Crippen LogP contribution in [0.5, 0.6) is 0 Å². The first-order valence-electron chi connectivity index (χ1n) is 7.67. The Morgan fingerprint density at radius 1 is 1.38 bits per heavy atom. The second kappa shape index (κ2) is 7.04. The fraction of sp³-hybridized carbons (Fsp3) is 0.733. The summed E-state index contributed by atoms with van der Waals surface area (Å²) in [6.45, 7) is 10.8. The van der Waals surface area contributed by atoms with Gasteiger partial charge in [-0.2, -0.15) is 5.10 Å². The van der Waals surface area contributed by atoms with E-state index >= 15 is 0 Å². The molecule has 0 amide bonds. The molecule has 1 aliphatic rings. The molecule has 0 atom stereocenters. The largest absolute Gasteiger partial charge is 0.378 e. The minimum Gasteiger partial charge on any atom is -0.378 e. The molecule has 0 unspecified atom stereocenters. The fourth-order valence-corrected chi connectivity index (χ4v) is 2.21. The summed E-state index contributed by atoms with van der Waals surface area (Å²) in [7, 11) is 0. The van der Waals surface area contributed by atoms with Gasteiger partial charge in [0.2, 0.25) is 0 Å². The average molecular weight is 294 g/mol. The zero-order chi connectivity index (χ0) is 15.3. The van der Waals surface area contributed by atoms with Crippen molar-refractivity contribution in [3.63, 3.8) is 0 Å². The number of hydrogen-bond acceptors (Lipinski definition) is 5. The monoisotopic (exact) mass is 294 g/mol. The van der Waals surface area contributed by atoms with Gasteiger partial charge in [0, 0.05) is 31.2 Å². The number of ether oxygens (including phenoxy) is 1. The lowest BCUT2D eigenvalue weighted by atomic mass is 10.0. The van der Waals surface area contributed by atoms with Crippen LogP contribution >= 0.6 is 0 Å². The molecule has 0 aliphatic carbocycles. The molecule has 1 aromatic rings. The lowest BCUT2D eigenvalue weighted by molar-refractivity contribution is 0.122. The van der Waals surface area contributed by atoms with Gasteiger partial charge in [-0.1, -0.05) is 6.92 Å². The molecule has 2 heterocycles. The molecule has 1 fully saturated rings. The zero-order valence-corrected chi connectivity index (χ0v) is 13.3. The van der Waals surface area contributed by atoms with Crippen LogP contribution in [0.3, 0.4) is 0 Å². The molecule has 6 nitrogen and oxygen atoms in total. The van der Waals surface area contributed by atoms with E-state index in [9.17, 15) is 4.79 Å². The first kappa shape index (κ1) is 16.0. The van der Waals surface area contributed by atoms with Crippen LogP contribution in [-0.4, -0.2) is 48.2 Å². The first-order chi connectivity index (χ1) is 10.0. The van der Waals surface area contributed by atoms with Crippen LogP contribution < -0.4 is 15.8 Å². The summed E-state index contributed by atoms with van der Waals surface area (Å²) in [6, 6.07) is 1.67. The van der Waals surface area contributed by atoms with E-state index in [1.165, 1.54) is 4.68 Å². The third-order valence-electron chi connectivity index (χ3n) is 4.04. The van der Waals surface area contributed by atoms with Gasteiger partial charge in [0.15, 0.2) is 0 Å². The molecule has 2 rings (SSSR count). The van der Waals surface area contributed by atoms with E-state index in [0.717, 1.165) is 31.7 Å². The summed E-state index contributed by atoms with van der Waals surface area (Å²) in [6.07, 6.45) is 2.82. The molecular weight excluding hydrogens is 268 g/mol. The Morgan fingerprint density at radius 3 is 2.71 bits per heavy atom. The Balaban J connectivity index is 1.94. The zero-order valence-electron chi connectivity index (χ0n) is 13.3. The number of anilines is 1. The highest BCUT2D eigenvalue weighted by molar-refractivity contribution is 5.43. The summed E-state index contributed by atoms with van der Waals surface area (Å²) < 4.78 is 6.83. The van der Waals surface area contributed by atoms with Gasteiger partial charge in [-0.3, -0.25) is 4.79 Å². The Kier molecular flexibility index (Phi) is 5.36. The lowest BCUT2D eigenvalue weighted by Crippen LogP contribution is -2.41. The molecular formula is C15H26N4O2. The lowest BCUT2D eigenvalue weighted by Gasteiger charge is -2.28. The highest BCUT2D eigenvalue weighted by Crippen LogP contribution is 2.11. The van der Waals surface area contributed by atoms with E-state index in [2.05, 4.69) is 36.1 Å². The van der Waals surface area contributed by atoms with Gasteiger partial charge in [-0.15, -0.1) is 0 Å².